The quantitative estimate of drug-likeness (QED) is 0.862. The van der Waals surface area contributed by atoms with Crippen molar-refractivity contribution < 1.29 is 27.8 Å². The van der Waals surface area contributed by atoms with Crippen molar-refractivity contribution in [3.05, 3.63) is 17.7 Å². The van der Waals surface area contributed by atoms with E-state index in [9.17, 15) is 18.3 Å². The summed E-state index contributed by atoms with van der Waals surface area (Å²) in [6.45, 7) is 0. The number of phenolic OH excluding ortho intramolecular Hbond substituents is 1. The van der Waals surface area contributed by atoms with E-state index < -0.39 is 12.2 Å². The Labute approximate surface area is 95.7 Å². The van der Waals surface area contributed by atoms with E-state index in [0.717, 1.165) is 12.1 Å². The number of halogens is 3. The lowest BCUT2D eigenvalue weighted by Crippen LogP contribution is -2.28. The van der Waals surface area contributed by atoms with Crippen LogP contribution >= 0.6 is 0 Å². The zero-order valence-corrected chi connectivity index (χ0v) is 9.21. The molecule has 0 aliphatic carbocycles. The summed E-state index contributed by atoms with van der Waals surface area (Å²) in [6, 6.07) is -0.114. The van der Waals surface area contributed by atoms with Crippen molar-refractivity contribution >= 4 is 0 Å². The van der Waals surface area contributed by atoms with E-state index in [-0.39, 0.29) is 22.8 Å². The summed E-state index contributed by atoms with van der Waals surface area (Å²) < 4.78 is 46.8. The zero-order valence-electron chi connectivity index (χ0n) is 9.21. The molecule has 1 unspecified atom stereocenters. The van der Waals surface area contributed by atoms with E-state index in [2.05, 4.69) is 0 Å². The Balaban J connectivity index is 3.27. The highest BCUT2D eigenvalue weighted by Gasteiger charge is 2.38. The molecule has 7 heteroatoms. The van der Waals surface area contributed by atoms with Gasteiger partial charge >= 0.3 is 6.18 Å². The summed E-state index contributed by atoms with van der Waals surface area (Å²) in [6.07, 6.45) is -4.58. The monoisotopic (exact) mass is 251 g/mol. The van der Waals surface area contributed by atoms with Gasteiger partial charge < -0.3 is 20.3 Å². The molecule has 96 valence electrons. The molecular weight excluding hydrogens is 239 g/mol. The molecule has 0 spiro atoms. The topological polar surface area (TPSA) is 64.7 Å². The van der Waals surface area contributed by atoms with E-state index in [1.807, 2.05) is 0 Å². The van der Waals surface area contributed by atoms with E-state index in [1.54, 1.807) is 0 Å². The Morgan fingerprint density at radius 1 is 1.18 bits per heavy atom. The van der Waals surface area contributed by atoms with Crippen molar-refractivity contribution in [3.63, 3.8) is 0 Å². The average Bonchev–Trinajstić information content (AvgIpc) is 2.27. The molecule has 4 nitrogen and oxygen atoms in total. The van der Waals surface area contributed by atoms with Gasteiger partial charge in [-0.1, -0.05) is 0 Å². The number of ether oxygens (including phenoxy) is 2. The molecule has 0 saturated heterocycles. The molecule has 1 rings (SSSR count). The second-order valence-corrected chi connectivity index (χ2v) is 3.29. The van der Waals surface area contributed by atoms with Crippen molar-refractivity contribution in [2.75, 3.05) is 14.2 Å². The number of nitrogens with two attached hydrogens (primary N) is 1. The number of phenols is 1. The lowest BCUT2D eigenvalue weighted by molar-refractivity contribution is -0.149. The van der Waals surface area contributed by atoms with Gasteiger partial charge in [-0.2, -0.15) is 13.2 Å². The number of hydrogen-bond donors (Lipinski definition) is 2. The first-order valence-corrected chi connectivity index (χ1v) is 4.58. The summed E-state index contributed by atoms with van der Waals surface area (Å²) in [7, 11) is 2.44. The summed E-state index contributed by atoms with van der Waals surface area (Å²) in [4.78, 5) is 0. The maximum Gasteiger partial charge on any atom is 0.407 e. The first kappa shape index (κ1) is 13.4. The van der Waals surface area contributed by atoms with Crippen molar-refractivity contribution in [1.82, 2.24) is 0 Å². The Morgan fingerprint density at radius 2 is 1.59 bits per heavy atom. The van der Waals surface area contributed by atoms with Crippen LogP contribution in [-0.2, 0) is 0 Å². The Hall–Kier alpha value is -1.63. The highest BCUT2D eigenvalue weighted by molar-refractivity contribution is 5.53. The smallest absolute Gasteiger partial charge is 0.407 e. The molecule has 0 saturated carbocycles. The number of hydrogen-bond acceptors (Lipinski definition) is 4. The van der Waals surface area contributed by atoms with E-state index in [0.29, 0.717) is 0 Å². The summed E-state index contributed by atoms with van der Waals surface area (Å²) in [5.74, 6) is -0.619. The second kappa shape index (κ2) is 4.70. The van der Waals surface area contributed by atoms with E-state index in [4.69, 9.17) is 15.2 Å². The zero-order chi connectivity index (χ0) is 13.2. The molecule has 0 radical (unpaired) electrons. The molecule has 1 aromatic carbocycles. The minimum atomic E-state index is -4.58. The second-order valence-electron chi connectivity index (χ2n) is 3.29. The van der Waals surface area contributed by atoms with Crippen molar-refractivity contribution in [2.45, 2.75) is 12.2 Å². The van der Waals surface area contributed by atoms with Crippen molar-refractivity contribution in [3.8, 4) is 17.2 Å². The molecule has 0 aliphatic heterocycles. The van der Waals surface area contributed by atoms with Crippen LogP contribution in [0.2, 0.25) is 0 Å². The predicted octanol–water partition coefficient (Wildman–Crippen LogP) is 1.97. The van der Waals surface area contributed by atoms with Crippen LogP contribution in [0.3, 0.4) is 0 Å². The maximum absolute atomic E-state index is 12.4. The fourth-order valence-electron chi connectivity index (χ4n) is 1.28. The fourth-order valence-corrected chi connectivity index (χ4v) is 1.28. The van der Waals surface area contributed by atoms with Crippen LogP contribution in [0.15, 0.2) is 12.1 Å². The van der Waals surface area contributed by atoms with Crippen LogP contribution in [0.1, 0.15) is 11.6 Å². The third-order valence-electron chi connectivity index (χ3n) is 2.21. The lowest BCUT2D eigenvalue weighted by atomic mass is 10.1. The fraction of sp³-hybridized carbons (Fsp3) is 0.400. The molecule has 1 atom stereocenters. The molecule has 0 aromatic heterocycles. The first-order chi connectivity index (χ1) is 7.81. The standard InChI is InChI=1S/C10H12F3NO3/c1-16-6-3-5(9(14)10(11,12)13)4-7(17-2)8(6)15/h3-4,9,15H,14H2,1-2H3. The Morgan fingerprint density at radius 3 is 1.88 bits per heavy atom. The molecule has 0 fully saturated rings. The van der Waals surface area contributed by atoms with Gasteiger partial charge in [0.05, 0.1) is 14.2 Å². The maximum atomic E-state index is 12.4. The molecule has 0 bridgehead atoms. The molecule has 3 N–H and O–H groups in total. The van der Waals surface area contributed by atoms with Crippen molar-refractivity contribution in [2.24, 2.45) is 5.73 Å². The van der Waals surface area contributed by atoms with Gasteiger partial charge in [0.1, 0.15) is 6.04 Å². The van der Waals surface area contributed by atoms with E-state index in [1.165, 1.54) is 14.2 Å². The van der Waals surface area contributed by atoms with Gasteiger partial charge in [0.25, 0.3) is 0 Å². The van der Waals surface area contributed by atoms with Crippen LogP contribution in [0, 0.1) is 0 Å². The number of alkyl halides is 3. The van der Waals surface area contributed by atoms with Gasteiger partial charge in [-0.05, 0) is 17.7 Å². The first-order valence-electron chi connectivity index (χ1n) is 4.58. The normalized spacial score (nSPS) is 13.3. The number of rotatable bonds is 3. The van der Waals surface area contributed by atoms with Gasteiger partial charge in [-0.15, -0.1) is 0 Å². The van der Waals surface area contributed by atoms with Gasteiger partial charge in [0.2, 0.25) is 5.75 Å². The Kier molecular flexibility index (Phi) is 3.72. The van der Waals surface area contributed by atoms with Gasteiger partial charge in [0, 0.05) is 0 Å². The van der Waals surface area contributed by atoms with Gasteiger partial charge in [-0.25, -0.2) is 0 Å². The van der Waals surface area contributed by atoms with Gasteiger partial charge in [0.15, 0.2) is 11.5 Å². The largest absolute Gasteiger partial charge is 0.502 e. The van der Waals surface area contributed by atoms with Crippen LogP contribution in [0.25, 0.3) is 0 Å². The van der Waals surface area contributed by atoms with Crippen molar-refractivity contribution in [1.29, 1.82) is 0 Å². The predicted molar refractivity (Wildman–Crippen MR) is 54.2 cm³/mol. The molecular formula is C10H12F3NO3. The van der Waals surface area contributed by atoms with Crippen LogP contribution in [0.4, 0.5) is 13.2 Å². The highest BCUT2D eigenvalue weighted by Crippen LogP contribution is 2.41. The molecule has 0 amide bonds. The molecule has 0 aliphatic rings. The average molecular weight is 251 g/mol. The minimum absolute atomic E-state index is 0.126. The molecule has 0 heterocycles. The number of methoxy groups -OCH3 is 2. The van der Waals surface area contributed by atoms with Crippen LogP contribution in [-0.4, -0.2) is 25.5 Å². The number of aromatic hydroxyl groups is 1. The number of benzene rings is 1. The summed E-state index contributed by atoms with van der Waals surface area (Å²) >= 11 is 0. The van der Waals surface area contributed by atoms with Crippen LogP contribution in [0.5, 0.6) is 17.2 Å². The third kappa shape index (κ3) is 2.73. The summed E-state index contributed by atoms with van der Waals surface area (Å²) in [5, 5.41) is 9.53. The minimum Gasteiger partial charge on any atom is -0.502 e. The van der Waals surface area contributed by atoms with E-state index >= 15 is 0 Å². The highest BCUT2D eigenvalue weighted by atomic mass is 19.4. The van der Waals surface area contributed by atoms with Gasteiger partial charge in [-0.3, -0.25) is 0 Å². The molecule has 1 aromatic rings. The Bertz CT molecular complexity index is 381. The van der Waals surface area contributed by atoms with Crippen LogP contribution < -0.4 is 15.2 Å². The third-order valence-corrected chi connectivity index (χ3v) is 2.21. The lowest BCUT2D eigenvalue weighted by Gasteiger charge is -2.18. The summed E-state index contributed by atoms with van der Waals surface area (Å²) in [5.41, 5.74) is 4.81. The SMILES string of the molecule is COc1cc(C(N)C(F)(F)F)cc(OC)c1O. The molecule has 17 heavy (non-hydrogen) atoms.